The number of amides is 2. The van der Waals surface area contributed by atoms with Gasteiger partial charge in [0.15, 0.2) is 0 Å². The largest absolute Gasteiger partial charge is 0.354 e. The highest BCUT2D eigenvalue weighted by Gasteiger charge is 2.34. The Morgan fingerprint density at radius 1 is 0.841 bits per heavy atom. The minimum Gasteiger partial charge on any atom is -0.354 e. The quantitative estimate of drug-likeness (QED) is 0.189. The topological polar surface area (TPSA) is 86.8 Å². The van der Waals surface area contributed by atoms with E-state index in [1.165, 1.54) is 23.1 Å². The molecule has 0 bridgehead atoms. The zero-order valence-electron chi connectivity index (χ0n) is 25.2. The van der Waals surface area contributed by atoms with Crippen molar-refractivity contribution in [3.8, 4) is 0 Å². The van der Waals surface area contributed by atoms with Crippen LogP contribution in [0.2, 0.25) is 5.02 Å². The van der Waals surface area contributed by atoms with Gasteiger partial charge in [-0.3, -0.25) is 13.9 Å². The molecule has 9 heteroatoms. The number of rotatable bonds is 13. The maximum Gasteiger partial charge on any atom is 0.264 e. The number of nitrogens with zero attached hydrogens (tertiary/aromatic N) is 2. The average molecular weight is 632 g/mol. The summed E-state index contributed by atoms with van der Waals surface area (Å²) in [5, 5.41) is 3.33. The number of aryl methyl sites for hydroxylation is 1. The van der Waals surface area contributed by atoms with E-state index >= 15 is 0 Å². The molecule has 0 heterocycles. The second-order valence-electron chi connectivity index (χ2n) is 11.1. The number of carbonyl (C=O) groups is 2. The summed E-state index contributed by atoms with van der Waals surface area (Å²) >= 11 is 6.28. The van der Waals surface area contributed by atoms with E-state index in [0.717, 1.165) is 21.0 Å². The summed E-state index contributed by atoms with van der Waals surface area (Å²) in [6.07, 6.45) is 0.255. The predicted molar refractivity (Wildman–Crippen MR) is 176 cm³/mol. The SMILES string of the molecule is Cc1ccccc1CN(C(=O)CN(c1cccc(Cl)c1)S(=O)(=O)c1ccccc1)[C@H](Cc1ccccc1)C(=O)NCC(C)C. The van der Waals surface area contributed by atoms with Gasteiger partial charge in [-0.05, 0) is 59.9 Å². The Labute approximate surface area is 265 Å². The third-order valence-electron chi connectivity index (χ3n) is 7.26. The number of halogens is 1. The molecule has 7 nitrogen and oxygen atoms in total. The standard InChI is InChI=1S/C35H38ClN3O4S/c1-26(2)23-37-35(41)33(21-28-14-6-4-7-15-28)38(24-29-16-11-10-13-27(29)3)34(40)25-39(31-18-12-17-30(36)22-31)44(42,43)32-19-8-5-9-20-32/h4-20,22,26,33H,21,23-25H2,1-3H3,(H,37,41)/t33-/m1/s1. The smallest absolute Gasteiger partial charge is 0.264 e. The van der Waals surface area contributed by atoms with E-state index in [-0.39, 0.29) is 35.4 Å². The van der Waals surface area contributed by atoms with Crippen LogP contribution in [-0.4, -0.2) is 44.3 Å². The van der Waals surface area contributed by atoms with Gasteiger partial charge in [-0.25, -0.2) is 8.42 Å². The van der Waals surface area contributed by atoms with Gasteiger partial charge in [0.2, 0.25) is 11.8 Å². The summed E-state index contributed by atoms with van der Waals surface area (Å²) in [4.78, 5) is 29.9. The van der Waals surface area contributed by atoms with Crippen LogP contribution in [0.25, 0.3) is 0 Å². The monoisotopic (exact) mass is 631 g/mol. The van der Waals surface area contributed by atoms with Crippen LogP contribution >= 0.6 is 11.6 Å². The first-order valence-corrected chi connectivity index (χ1v) is 16.4. The summed E-state index contributed by atoms with van der Waals surface area (Å²) in [7, 11) is -4.18. The third-order valence-corrected chi connectivity index (χ3v) is 9.29. The first-order valence-electron chi connectivity index (χ1n) is 14.5. The van der Waals surface area contributed by atoms with Crippen LogP contribution in [0.1, 0.15) is 30.5 Å². The fraction of sp³-hybridized carbons (Fsp3) is 0.257. The zero-order chi connectivity index (χ0) is 31.7. The molecule has 230 valence electrons. The molecule has 1 N–H and O–H groups in total. The molecule has 0 fully saturated rings. The van der Waals surface area contributed by atoms with Crippen molar-refractivity contribution in [1.82, 2.24) is 10.2 Å². The molecular formula is C35H38ClN3O4S. The molecule has 4 aromatic rings. The van der Waals surface area contributed by atoms with Crippen molar-refractivity contribution >= 4 is 39.1 Å². The van der Waals surface area contributed by atoms with Gasteiger partial charge in [0, 0.05) is 24.5 Å². The van der Waals surface area contributed by atoms with E-state index in [0.29, 0.717) is 11.6 Å². The van der Waals surface area contributed by atoms with Crippen molar-refractivity contribution in [2.45, 2.75) is 44.7 Å². The van der Waals surface area contributed by atoms with Crippen molar-refractivity contribution in [1.29, 1.82) is 0 Å². The molecule has 4 aromatic carbocycles. The van der Waals surface area contributed by atoms with Crippen LogP contribution in [0.3, 0.4) is 0 Å². The highest BCUT2D eigenvalue weighted by Crippen LogP contribution is 2.27. The van der Waals surface area contributed by atoms with Gasteiger partial charge in [0.05, 0.1) is 10.6 Å². The van der Waals surface area contributed by atoms with Gasteiger partial charge in [-0.1, -0.05) is 104 Å². The van der Waals surface area contributed by atoms with Crippen LogP contribution < -0.4 is 9.62 Å². The van der Waals surface area contributed by atoms with Crippen molar-refractivity contribution < 1.29 is 18.0 Å². The molecule has 44 heavy (non-hydrogen) atoms. The number of anilines is 1. The highest BCUT2D eigenvalue weighted by atomic mass is 35.5. The number of nitrogens with one attached hydrogen (secondary N) is 1. The summed E-state index contributed by atoms with van der Waals surface area (Å²) in [6, 6.07) is 30.6. The van der Waals surface area contributed by atoms with E-state index in [1.54, 1.807) is 36.4 Å². The van der Waals surface area contributed by atoms with Crippen LogP contribution in [0.4, 0.5) is 5.69 Å². The number of carbonyl (C=O) groups excluding carboxylic acids is 2. The second-order valence-corrected chi connectivity index (χ2v) is 13.4. The lowest BCUT2D eigenvalue weighted by Crippen LogP contribution is -2.53. The van der Waals surface area contributed by atoms with Gasteiger partial charge in [-0.2, -0.15) is 0 Å². The Balaban J connectivity index is 1.80. The molecule has 4 rings (SSSR count). The van der Waals surface area contributed by atoms with Crippen LogP contribution in [0, 0.1) is 12.8 Å². The minimum atomic E-state index is -4.18. The molecule has 0 unspecified atom stereocenters. The molecule has 0 saturated carbocycles. The fourth-order valence-corrected chi connectivity index (χ4v) is 6.44. The minimum absolute atomic E-state index is 0.0359. The van der Waals surface area contributed by atoms with Crippen molar-refractivity contribution in [2.75, 3.05) is 17.4 Å². The van der Waals surface area contributed by atoms with Crippen molar-refractivity contribution in [3.63, 3.8) is 0 Å². The summed E-state index contributed by atoms with van der Waals surface area (Å²) < 4.78 is 29.1. The Morgan fingerprint density at radius 2 is 1.48 bits per heavy atom. The lowest BCUT2D eigenvalue weighted by atomic mass is 10.0. The predicted octanol–water partition coefficient (Wildman–Crippen LogP) is 6.26. The molecule has 0 spiro atoms. The molecule has 0 aliphatic rings. The van der Waals surface area contributed by atoms with Crippen molar-refractivity contribution in [3.05, 3.63) is 131 Å². The maximum atomic E-state index is 14.5. The summed E-state index contributed by atoms with van der Waals surface area (Å²) in [5.41, 5.74) is 2.93. The Kier molecular flexibility index (Phi) is 11.2. The second kappa shape index (κ2) is 15.0. The maximum absolute atomic E-state index is 14.5. The number of benzene rings is 4. The number of hydrogen-bond donors (Lipinski definition) is 1. The molecule has 2 amide bonds. The molecule has 0 aliphatic carbocycles. The van der Waals surface area contributed by atoms with Crippen LogP contribution in [0.15, 0.2) is 114 Å². The number of hydrogen-bond acceptors (Lipinski definition) is 4. The van der Waals surface area contributed by atoms with E-state index < -0.39 is 28.5 Å². The van der Waals surface area contributed by atoms with E-state index in [4.69, 9.17) is 11.6 Å². The van der Waals surface area contributed by atoms with Crippen LogP contribution in [-0.2, 0) is 32.6 Å². The van der Waals surface area contributed by atoms with Gasteiger partial charge in [0.25, 0.3) is 10.0 Å². The van der Waals surface area contributed by atoms with Gasteiger partial charge >= 0.3 is 0 Å². The van der Waals surface area contributed by atoms with Gasteiger partial charge < -0.3 is 10.2 Å². The Bertz CT molecular complexity index is 1660. The molecule has 0 radical (unpaired) electrons. The third kappa shape index (κ3) is 8.49. The van der Waals surface area contributed by atoms with Crippen LogP contribution in [0.5, 0.6) is 0 Å². The van der Waals surface area contributed by atoms with Gasteiger partial charge in [-0.15, -0.1) is 0 Å². The fourth-order valence-electron chi connectivity index (χ4n) is 4.83. The Morgan fingerprint density at radius 3 is 2.11 bits per heavy atom. The van der Waals surface area contributed by atoms with Gasteiger partial charge in [0.1, 0.15) is 12.6 Å². The molecule has 0 aromatic heterocycles. The van der Waals surface area contributed by atoms with E-state index in [1.807, 2.05) is 75.4 Å². The number of sulfonamides is 1. The zero-order valence-corrected chi connectivity index (χ0v) is 26.8. The highest BCUT2D eigenvalue weighted by molar-refractivity contribution is 7.92. The lowest BCUT2D eigenvalue weighted by molar-refractivity contribution is -0.140. The first-order chi connectivity index (χ1) is 21.1. The van der Waals surface area contributed by atoms with E-state index in [2.05, 4.69) is 5.32 Å². The molecule has 1 atom stereocenters. The normalized spacial score (nSPS) is 12.0. The average Bonchev–Trinajstić information content (AvgIpc) is 3.02. The molecule has 0 aliphatic heterocycles. The first kappa shape index (κ1) is 32.8. The Hall–Kier alpha value is -4.14. The molecular weight excluding hydrogens is 594 g/mol. The molecule has 0 saturated heterocycles. The van der Waals surface area contributed by atoms with E-state index in [9.17, 15) is 18.0 Å². The summed E-state index contributed by atoms with van der Waals surface area (Å²) in [5.74, 6) is -0.621. The van der Waals surface area contributed by atoms with Crippen molar-refractivity contribution in [2.24, 2.45) is 5.92 Å². The lowest BCUT2D eigenvalue weighted by Gasteiger charge is -2.34. The summed E-state index contributed by atoms with van der Waals surface area (Å²) in [6.45, 7) is 5.97.